The number of rotatable bonds is 6. The highest BCUT2D eigenvalue weighted by molar-refractivity contribution is 5.75. The molecule has 0 radical (unpaired) electrons. The Labute approximate surface area is 165 Å². The van der Waals surface area contributed by atoms with Crippen molar-refractivity contribution < 1.29 is 4.74 Å². The van der Waals surface area contributed by atoms with Crippen LogP contribution in [-0.2, 0) is 17.6 Å². The van der Waals surface area contributed by atoms with Gasteiger partial charge in [-0.05, 0) is 24.8 Å². The molecule has 1 aliphatic carbocycles. The van der Waals surface area contributed by atoms with Gasteiger partial charge in [0.05, 0.1) is 11.8 Å². The van der Waals surface area contributed by atoms with Gasteiger partial charge in [0.25, 0.3) is 0 Å². The summed E-state index contributed by atoms with van der Waals surface area (Å²) in [5.41, 5.74) is 10.8. The lowest BCUT2D eigenvalue weighted by Crippen LogP contribution is -2.47. The number of benzene rings is 1. The number of anilines is 2. The molecule has 0 saturated carbocycles. The largest absolute Gasteiger partial charge is 0.368 e. The predicted octanol–water partition coefficient (Wildman–Crippen LogP) is 1.88. The number of nitriles is 1. The summed E-state index contributed by atoms with van der Waals surface area (Å²) in [5.74, 6) is 1.36. The molecule has 0 bridgehead atoms. The first kappa shape index (κ1) is 18.7. The van der Waals surface area contributed by atoms with E-state index in [0.29, 0.717) is 12.6 Å². The van der Waals surface area contributed by atoms with Crippen LogP contribution < -0.4 is 10.6 Å². The smallest absolute Gasteiger partial charge is 0.222 e. The second-order valence-electron chi connectivity index (χ2n) is 7.28. The van der Waals surface area contributed by atoms with Crippen LogP contribution in [0.2, 0.25) is 0 Å². The van der Waals surface area contributed by atoms with Crippen molar-refractivity contribution in [1.82, 2.24) is 14.9 Å². The van der Waals surface area contributed by atoms with E-state index in [-0.39, 0.29) is 6.61 Å². The van der Waals surface area contributed by atoms with Crippen LogP contribution in [0.4, 0.5) is 11.8 Å². The number of aromatic nitrogens is 2. The monoisotopic (exact) mass is 378 g/mol. The number of nitrogens with zero attached hydrogens (tertiary/aromatic N) is 5. The lowest BCUT2D eigenvalue weighted by atomic mass is 9.89. The molecule has 2 aromatic rings. The number of nitrogens with two attached hydrogens (primary N) is 1. The molecule has 1 aromatic carbocycles. The highest BCUT2D eigenvalue weighted by Crippen LogP contribution is 2.36. The van der Waals surface area contributed by atoms with E-state index >= 15 is 0 Å². The van der Waals surface area contributed by atoms with Gasteiger partial charge in [-0.1, -0.05) is 24.3 Å². The minimum absolute atomic E-state index is 0.178. The molecule has 0 unspecified atom stereocenters. The fourth-order valence-corrected chi connectivity index (χ4v) is 4.12. The van der Waals surface area contributed by atoms with Crippen molar-refractivity contribution in [3.05, 3.63) is 35.4 Å². The van der Waals surface area contributed by atoms with Crippen molar-refractivity contribution in [1.29, 1.82) is 5.26 Å². The van der Waals surface area contributed by atoms with E-state index in [1.54, 1.807) is 0 Å². The molecular weight excluding hydrogens is 352 g/mol. The maximum absolute atomic E-state index is 8.50. The van der Waals surface area contributed by atoms with Crippen LogP contribution in [0.15, 0.2) is 24.3 Å². The Hall–Kier alpha value is -2.69. The van der Waals surface area contributed by atoms with Crippen LogP contribution in [0.5, 0.6) is 0 Å². The quantitative estimate of drug-likeness (QED) is 0.767. The zero-order valence-electron chi connectivity index (χ0n) is 16.1. The van der Waals surface area contributed by atoms with E-state index < -0.39 is 0 Å². The van der Waals surface area contributed by atoms with Crippen LogP contribution in [0, 0.1) is 11.3 Å². The van der Waals surface area contributed by atoms with Crippen molar-refractivity contribution in [2.45, 2.75) is 19.3 Å². The predicted molar refractivity (Wildman–Crippen MR) is 109 cm³/mol. The fourth-order valence-electron chi connectivity index (χ4n) is 4.12. The molecule has 0 atom stereocenters. The third-order valence-electron chi connectivity index (χ3n) is 5.52. The van der Waals surface area contributed by atoms with Gasteiger partial charge in [-0.2, -0.15) is 10.2 Å². The van der Waals surface area contributed by atoms with Gasteiger partial charge in [-0.3, -0.25) is 4.90 Å². The Morgan fingerprint density at radius 3 is 2.75 bits per heavy atom. The molecule has 7 heteroatoms. The van der Waals surface area contributed by atoms with Crippen LogP contribution in [0.3, 0.4) is 0 Å². The standard InChI is InChI=1S/C21H26N6O/c22-8-15-28-14-3-9-26-10-12-27(13-11-26)20-18-7-6-16-4-1-2-5-17(16)19(18)24-21(23)25-20/h1-2,4-5H,3,6-7,9-15H2,(H2,23,24,25). The molecule has 28 heavy (non-hydrogen) atoms. The molecule has 7 nitrogen and oxygen atoms in total. The van der Waals surface area contributed by atoms with Gasteiger partial charge < -0.3 is 15.4 Å². The average Bonchev–Trinajstić information content (AvgIpc) is 2.73. The fraction of sp³-hybridized carbons (Fsp3) is 0.476. The molecule has 2 heterocycles. The number of hydrogen-bond acceptors (Lipinski definition) is 7. The van der Waals surface area contributed by atoms with Gasteiger partial charge in [-0.25, -0.2) is 4.98 Å². The Morgan fingerprint density at radius 2 is 1.93 bits per heavy atom. The normalized spacial score (nSPS) is 16.3. The SMILES string of the molecule is N#CCOCCCN1CCN(c2nc(N)nc3c2CCc2ccccc2-3)CC1. The summed E-state index contributed by atoms with van der Waals surface area (Å²) >= 11 is 0. The average molecular weight is 378 g/mol. The number of ether oxygens (including phenoxy) is 1. The second-order valence-corrected chi connectivity index (χ2v) is 7.28. The Morgan fingerprint density at radius 1 is 1.11 bits per heavy atom. The van der Waals surface area contributed by atoms with Crippen LogP contribution >= 0.6 is 0 Å². The zero-order chi connectivity index (χ0) is 19.3. The molecule has 2 N–H and O–H groups in total. The number of fused-ring (bicyclic) bond motifs is 3. The summed E-state index contributed by atoms with van der Waals surface area (Å²) in [6.45, 7) is 5.67. The molecule has 2 aliphatic rings. The minimum Gasteiger partial charge on any atom is -0.368 e. The summed E-state index contributed by atoms with van der Waals surface area (Å²) in [4.78, 5) is 14.0. The van der Waals surface area contributed by atoms with E-state index in [4.69, 9.17) is 15.7 Å². The molecule has 1 fully saturated rings. The molecule has 146 valence electrons. The van der Waals surface area contributed by atoms with E-state index in [9.17, 15) is 0 Å². The first-order chi connectivity index (χ1) is 13.8. The number of hydrogen-bond donors (Lipinski definition) is 1. The topological polar surface area (TPSA) is 91.3 Å². The van der Waals surface area contributed by atoms with Crippen LogP contribution in [0.25, 0.3) is 11.3 Å². The van der Waals surface area contributed by atoms with E-state index in [0.717, 1.165) is 63.5 Å². The van der Waals surface area contributed by atoms with Gasteiger partial charge in [0.2, 0.25) is 5.95 Å². The van der Waals surface area contributed by atoms with Crippen molar-refractivity contribution in [3.63, 3.8) is 0 Å². The van der Waals surface area contributed by atoms with E-state index in [1.165, 1.54) is 16.7 Å². The minimum atomic E-state index is 0.178. The van der Waals surface area contributed by atoms with Crippen LogP contribution in [-0.4, -0.2) is 60.8 Å². The van der Waals surface area contributed by atoms with Crippen molar-refractivity contribution in [3.8, 4) is 17.3 Å². The summed E-state index contributed by atoms with van der Waals surface area (Å²) in [5, 5.41) is 8.50. The molecule has 4 rings (SSSR count). The van der Waals surface area contributed by atoms with Gasteiger partial charge in [0, 0.05) is 50.5 Å². The Kier molecular flexibility index (Phi) is 5.70. The first-order valence-electron chi connectivity index (χ1n) is 9.93. The third-order valence-corrected chi connectivity index (χ3v) is 5.52. The molecule has 0 amide bonds. The van der Waals surface area contributed by atoms with Gasteiger partial charge in [0.15, 0.2) is 0 Å². The summed E-state index contributed by atoms with van der Waals surface area (Å²) in [7, 11) is 0. The second kappa shape index (κ2) is 8.55. The van der Waals surface area contributed by atoms with Crippen molar-refractivity contribution >= 4 is 11.8 Å². The highest BCUT2D eigenvalue weighted by Gasteiger charge is 2.26. The van der Waals surface area contributed by atoms with Gasteiger partial charge in [0.1, 0.15) is 12.4 Å². The number of piperazine rings is 1. The van der Waals surface area contributed by atoms with E-state index in [2.05, 4.69) is 44.0 Å². The first-order valence-corrected chi connectivity index (χ1v) is 9.93. The zero-order valence-corrected chi connectivity index (χ0v) is 16.1. The maximum atomic E-state index is 8.50. The third kappa shape index (κ3) is 3.93. The molecule has 1 saturated heterocycles. The summed E-state index contributed by atoms with van der Waals surface area (Å²) < 4.78 is 5.24. The highest BCUT2D eigenvalue weighted by atomic mass is 16.5. The lowest BCUT2D eigenvalue weighted by Gasteiger charge is -2.37. The maximum Gasteiger partial charge on any atom is 0.222 e. The van der Waals surface area contributed by atoms with Crippen molar-refractivity contribution in [2.24, 2.45) is 0 Å². The summed E-state index contributed by atoms with van der Waals surface area (Å²) in [6.07, 6.45) is 2.93. The number of nitrogen functional groups attached to an aromatic ring is 1. The Bertz CT molecular complexity index is 870. The van der Waals surface area contributed by atoms with Gasteiger partial charge in [-0.15, -0.1) is 0 Å². The van der Waals surface area contributed by atoms with E-state index in [1.807, 2.05) is 6.07 Å². The molecule has 1 aromatic heterocycles. The molecule has 0 spiro atoms. The summed E-state index contributed by atoms with van der Waals surface area (Å²) in [6, 6.07) is 10.5. The van der Waals surface area contributed by atoms with Crippen molar-refractivity contribution in [2.75, 3.05) is 56.6 Å². The Balaban J connectivity index is 1.44. The molecule has 1 aliphatic heterocycles. The lowest BCUT2D eigenvalue weighted by molar-refractivity contribution is 0.145. The van der Waals surface area contributed by atoms with Crippen LogP contribution in [0.1, 0.15) is 17.5 Å². The van der Waals surface area contributed by atoms with Gasteiger partial charge >= 0.3 is 0 Å². The number of aryl methyl sites for hydroxylation is 1. The molecular formula is C21H26N6O.